The highest BCUT2D eigenvalue weighted by Gasteiger charge is 2.24. The van der Waals surface area contributed by atoms with Gasteiger partial charge < -0.3 is 15.4 Å². The van der Waals surface area contributed by atoms with Crippen LogP contribution in [0.3, 0.4) is 0 Å². The van der Waals surface area contributed by atoms with Gasteiger partial charge in [-0.05, 0) is 19.4 Å². The lowest BCUT2D eigenvalue weighted by Gasteiger charge is -2.36. The van der Waals surface area contributed by atoms with E-state index in [9.17, 15) is 4.79 Å². The molecular formula is C12H25N3O2. The van der Waals surface area contributed by atoms with Crippen molar-refractivity contribution in [2.24, 2.45) is 11.7 Å². The molecule has 1 saturated heterocycles. The lowest BCUT2D eigenvalue weighted by Crippen LogP contribution is -2.52. The van der Waals surface area contributed by atoms with Gasteiger partial charge in [-0.25, -0.2) is 0 Å². The van der Waals surface area contributed by atoms with Gasteiger partial charge in [-0.3, -0.25) is 9.69 Å². The van der Waals surface area contributed by atoms with Crippen LogP contribution in [0.15, 0.2) is 0 Å². The zero-order valence-corrected chi connectivity index (χ0v) is 11.2. The van der Waals surface area contributed by atoms with E-state index in [4.69, 9.17) is 10.5 Å². The quantitative estimate of drug-likeness (QED) is 0.724. The number of ether oxygens (including phenoxy) is 1. The molecule has 5 nitrogen and oxygen atoms in total. The molecule has 2 atom stereocenters. The van der Waals surface area contributed by atoms with Gasteiger partial charge in [0.05, 0.1) is 0 Å². The summed E-state index contributed by atoms with van der Waals surface area (Å²) in [6.45, 7) is 9.17. The van der Waals surface area contributed by atoms with Crippen LogP contribution in [0.4, 0.5) is 0 Å². The van der Waals surface area contributed by atoms with Gasteiger partial charge in [-0.15, -0.1) is 0 Å². The first-order valence-electron chi connectivity index (χ1n) is 6.32. The maximum Gasteiger partial charge on any atom is 0.251 e. The second-order valence-electron chi connectivity index (χ2n) is 4.84. The zero-order valence-electron chi connectivity index (χ0n) is 11.2. The SMILES string of the molecule is COC(C)C(=O)N1CCN(CC(C)CN)CC1. The zero-order chi connectivity index (χ0) is 12.8. The molecule has 0 spiro atoms. The van der Waals surface area contributed by atoms with Crippen molar-refractivity contribution in [2.75, 3.05) is 46.4 Å². The summed E-state index contributed by atoms with van der Waals surface area (Å²) in [6.07, 6.45) is -0.329. The van der Waals surface area contributed by atoms with Crippen molar-refractivity contribution >= 4 is 5.91 Å². The van der Waals surface area contributed by atoms with Gasteiger partial charge in [0.15, 0.2) is 0 Å². The van der Waals surface area contributed by atoms with Crippen molar-refractivity contribution in [1.82, 2.24) is 9.80 Å². The maximum atomic E-state index is 11.9. The Labute approximate surface area is 104 Å². The molecule has 1 rings (SSSR count). The monoisotopic (exact) mass is 243 g/mol. The number of carbonyl (C=O) groups excluding carboxylic acids is 1. The van der Waals surface area contributed by atoms with Crippen LogP contribution in [0, 0.1) is 5.92 Å². The molecule has 1 aliphatic heterocycles. The molecule has 2 N–H and O–H groups in total. The largest absolute Gasteiger partial charge is 0.372 e. The highest BCUT2D eigenvalue weighted by atomic mass is 16.5. The second-order valence-corrected chi connectivity index (χ2v) is 4.84. The molecule has 5 heteroatoms. The Morgan fingerprint density at radius 3 is 2.35 bits per heavy atom. The number of piperazine rings is 1. The van der Waals surface area contributed by atoms with Crippen LogP contribution in [-0.2, 0) is 9.53 Å². The summed E-state index contributed by atoms with van der Waals surface area (Å²) < 4.78 is 5.05. The number of hydrogen-bond acceptors (Lipinski definition) is 4. The topological polar surface area (TPSA) is 58.8 Å². The molecule has 1 fully saturated rings. The average molecular weight is 243 g/mol. The van der Waals surface area contributed by atoms with Crippen molar-refractivity contribution in [2.45, 2.75) is 20.0 Å². The molecule has 1 heterocycles. The number of nitrogens with two attached hydrogens (primary N) is 1. The van der Waals surface area contributed by atoms with Gasteiger partial charge in [-0.2, -0.15) is 0 Å². The molecule has 100 valence electrons. The molecule has 17 heavy (non-hydrogen) atoms. The Hall–Kier alpha value is -0.650. The first-order chi connectivity index (χ1) is 8.08. The summed E-state index contributed by atoms with van der Waals surface area (Å²) in [5.41, 5.74) is 5.61. The Morgan fingerprint density at radius 1 is 1.29 bits per heavy atom. The van der Waals surface area contributed by atoms with Crippen LogP contribution in [-0.4, -0.2) is 68.2 Å². The fourth-order valence-corrected chi connectivity index (χ4v) is 2.02. The van der Waals surface area contributed by atoms with Crippen molar-refractivity contribution in [3.8, 4) is 0 Å². The van der Waals surface area contributed by atoms with Crippen molar-refractivity contribution in [3.05, 3.63) is 0 Å². The molecule has 1 amide bonds. The minimum atomic E-state index is -0.329. The Kier molecular flexibility index (Phi) is 5.88. The number of rotatable bonds is 5. The van der Waals surface area contributed by atoms with E-state index >= 15 is 0 Å². The molecule has 0 radical (unpaired) electrons. The molecule has 0 aromatic rings. The molecule has 1 aliphatic rings. The number of hydrogen-bond donors (Lipinski definition) is 1. The fourth-order valence-electron chi connectivity index (χ4n) is 2.02. The van der Waals surface area contributed by atoms with E-state index in [0.29, 0.717) is 5.92 Å². The smallest absolute Gasteiger partial charge is 0.251 e. The minimum absolute atomic E-state index is 0.0963. The van der Waals surface area contributed by atoms with E-state index < -0.39 is 0 Å². The second kappa shape index (κ2) is 6.93. The Bertz CT molecular complexity index is 240. The van der Waals surface area contributed by atoms with Crippen molar-refractivity contribution in [1.29, 1.82) is 0 Å². The Morgan fingerprint density at radius 2 is 1.88 bits per heavy atom. The predicted molar refractivity (Wildman–Crippen MR) is 67.7 cm³/mol. The summed E-state index contributed by atoms with van der Waals surface area (Å²) in [5.74, 6) is 0.620. The molecule has 2 unspecified atom stereocenters. The number of amides is 1. The van der Waals surface area contributed by atoms with Crippen LogP contribution < -0.4 is 5.73 Å². The minimum Gasteiger partial charge on any atom is -0.372 e. The summed E-state index contributed by atoms with van der Waals surface area (Å²) >= 11 is 0. The Balaban J connectivity index is 2.33. The van der Waals surface area contributed by atoms with E-state index in [1.54, 1.807) is 14.0 Å². The first-order valence-corrected chi connectivity index (χ1v) is 6.32. The lowest BCUT2D eigenvalue weighted by molar-refractivity contribution is -0.142. The molecule has 0 saturated carbocycles. The van der Waals surface area contributed by atoms with Crippen molar-refractivity contribution in [3.63, 3.8) is 0 Å². The van der Waals surface area contributed by atoms with E-state index in [1.165, 1.54) is 0 Å². The van der Waals surface area contributed by atoms with Crippen LogP contribution >= 0.6 is 0 Å². The van der Waals surface area contributed by atoms with E-state index in [0.717, 1.165) is 39.3 Å². The van der Waals surface area contributed by atoms with Gasteiger partial charge >= 0.3 is 0 Å². The molecular weight excluding hydrogens is 218 g/mol. The first kappa shape index (κ1) is 14.4. The lowest BCUT2D eigenvalue weighted by atomic mass is 10.1. The number of methoxy groups -OCH3 is 1. The van der Waals surface area contributed by atoms with E-state index in [2.05, 4.69) is 11.8 Å². The van der Waals surface area contributed by atoms with Crippen LogP contribution in [0.1, 0.15) is 13.8 Å². The van der Waals surface area contributed by atoms with Crippen molar-refractivity contribution < 1.29 is 9.53 Å². The summed E-state index contributed by atoms with van der Waals surface area (Å²) in [6, 6.07) is 0. The van der Waals surface area contributed by atoms with Crippen LogP contribution in [0.25, 0.3) is 0 Å². The normalized spacial score (nSPS) is 21.3. The third-order valence-corrected chi connectivity index (χ3v) is 3.36. The predicted octanol–water partition coefficient (Wildman–Crippen LogP) is -0.240. The highest BCUT2D eigenvalue weighted by molar-refractivity contribution is 5.80. The van der Waals surface area contributed by atoms with Crippen LogP contribution in [0.2, 0.25) is 0 Å². The summed E-state index contributed by atoms with van der Waals surface area (Å²) in [4.78, 5) is 16.1. The third-order valence-electron chi connectivity index (χ3n) is 3.36. The van der Waals surface area contributed by atoms with E-state index in [-0.39, 0.29) is 12.0 Å². The average Bonchev–Trinajstić information content (AvgIpc) is 2.37. The standard InChI is InChI=1S/C12H25N3O2/c1-10(8-13)9-14-4-6-15(7-5-14)12(16)11(2)17-3/h10-11H,4-9,13H2,1-3H3. The van der Waals surface area contributed by atoms with Gasteiger partial charge in [0.2, 0.25) is 0 Å². The summed E-state index contributed by atoms with van der Waals surface area (Å²) in [5, 5.41) is 0. The van der Waals surface area contributed by atoms with Gasteiger partial charge in [0.1, 0.15) is 6.10 Å². The molecule has 0 aliphatic carbocycles. The molecule has 0 aromatic carbocycles. The molecule has 0 aromatic heterocycles. The highest BCUT2D eigenvalue weighted by Crippen LogP contribution is 2.07. The maximum absolute atomic E-state index is 11.9. The number of nitrogens with zero attached hydrogens (tertiary/aromatic N) is 2. The third kappa shape index (κ3) is 4.26. The fraction of sp³-hybridized carbons (Fsp3) is 0.917. The van der Waals surface area contributed by atoms with E-state index in [1.807, 2.05) is 4.90 Å². The number of carbonyl (C=O) groups is 1. The summed E-state index contributed by atoms with van der Waals surface area (Å²) in [7, 11) is 1.57. The van der Waals surface area contributed by atoms with Gasteiger partial charge in [0, 0.05) is 39.8 Å². The van der Waals surface area contributed by atoms with Gasteiger partial charge in [-0.1, -0.05) is 6.92 Å². The van der Waals surface area contributed by atoms with Crippen LogP contribution in [0.5, 0.6) is 0 Å². The van der Waals surface area contributed by atoms with Gasteiger partial charge in [0.25, 0.3) is 5.91 Å². The molecule has 0 bridgehead atoms.